The first kappa shape index (κ1) is 13.7. The topological polar surface area (TPSA) is 36.7 Å². The van der Waals surface area contributed by atoms with Crippen LogP contribution >= 0.6 is 22.7 Å². The average molecular weight is 308 g/mol. The van der Waals surface area contributed by atoms with Crippen molar-refractivity contribution in [3.05, 3.63) is 62.6 Å². The van der Waals surface area contributed by atoms with Gasteiger partial charge in [-0.25, -0.2) is 4.98 Å². The highest BCUT2D eigenvalue weighted by Gasteiger charge is 2.09. The van der Waals surface area contributed by atoms with E-state index in [0.717, 1.165) is 21.1 Å². The number of allylic oxidation sites excluding steroid dienone is 1. The van der Waals surface area contributed by atoms with Crippen LogP contribution in [0.4, 0.5) is 0 Å². The van der Waals surface area contributed by atoms with E-state index in [1.807, 2.05) is 47.9 Å². The Morgan fingerprint density at radius 3 is 2.67 bits per heavy atom. The zero-order chi connectivity index (χ0) is 14.7. The van der Waals surface area contributed by atoms with E-state index in [1.165, 1.54) is 16.2 Å². The van der Waals surface area contributed by atoms with E-state index < -0.39 is 0 Å². The van der Waals surface area contributed by atoms with Gasteiger partial charge in [0.2, 0.25) is 0 Å². The van der Waals surface area contributed by atoms with Gasteiger partial charge >= 0.3 is 0 Å². The fourth-order valence-corrected chi connectivity index (χ4v) is 3.57. The normalized spacial score (nSPS) is 11.3. The van der Waals surface area contributed by atoms with Gasteiger partial charge in [-0.3, -0.25) is 0 Å². The molecule has 3 rings (SSSR count). The second-order valence-electron chi connectivity index (χ2n) is 4.52. The molecular formula is C17H12N2S2. The Labute approximate surface area is 131 Å². The third-order valence-electron chi connectivity index (χ3n) is 2.97. The highest BCUT2D eigenvalue weighted by atomic mass is 32.1. The summed E-state index contributed by atoms with van der Waals surface area (Å²) in [6, 6.07) is 16.4. The monoisotopic (exact) mass is 308 g/mol. The van der Waals surface area contributed by atoms with E-state index >= 15 is 0 Å². The van der Waals surface area contributed by atoms with E-state index in [1.54, 1.807) is 11.3 Å². The van der Waals surface area contributed by atoms with Crippen LogP contribution in [-0.4, -0.2) is 4.98 Å². The Hall–Kier alpha value is -2.22. The summed E-state index contributed by atoms with van der Waals surface area (Å²) in [6.07, 6.45) is 1.91. The third-order valence-corrected chi connectivity index (χ3v) is 4.80. The molecule has 0 fully saturated rings. The third kappa shape index (κ3) is 3.10. The summed E-state index contributed by atoms with van der Waals surface area (Å²) in [5.41, 5.74) is 2.60. The summed E-state index contributed by atoms with van der Waals surface area (Å²) in [6.45, 7) is 2.06. The van der Waals surface area contributed by atoms with Crippen LogP contribution in [0.25, 0.3) is 22.9 Å². The number of rotatable bonds is 3. The Bertz CT molecular complexity index is 820. The molecule has 102 valence electrons. The molecule has 3 aromatic rings. The summed E-state index contributed by atoms with van der Waals surface area (Å²) in [7, 11) is 0. The van der Waals surface area contributed by atoms with Gasteiger partial charge in [0.15, 0.2) is 0 Å². The molecule has 0 aliphatic heterocycles. The summed E-state index contributed by atoms with van der Waals surface area (Å²) in [5, 5.41) is 12.1. The molecule has 1 aromatic carbocycles. The number of aryl methyl sites for hydroxylation is 1. The number of thiazole rings is 1. The highest BCUT2D eigenvalue weighted by molar-refractivity contribution is 7.13. The van der Waals surface area contributed by atoms with Gasteiger partial charge in [-0.2, -0.15) is 5.26 Å². The Morgan fingerprint density at radius 1 is 1.19 bits per heavy atom. The number of hydrogen-bond donors (Lipinski definition) is 0. The summed E-state index contributed by atoms with van der Waals surface area (Å²) in [4.78, 5) is 6.91. The first-order valence-electron chi connectivity index (χ1n) is 6.46. The summed E-state index contributed by atoms with van der Waals surface area (Å²) >= 11 is 3.18. The first-order valence-corrected chi connectivity index (χ1v) is 8.15. The molecule has 0 aliphatic carbocycles. The van der Waals surface area contributed by atoms with Gasteiger partial charge in [-0.05, 0) is 25.1 Å². The van der Waals surface area contributed by atoms with E-state index in [-0.39, 0.29) is 0 Å². The molecule has 2 heterocycles. The lowest BCUT2D eigenvalue weighted by Crippen LogP contribution is -1.81. The van der Waals surface area contributed by atoms with Crippen molar-refractivity contribution in [1.29, 1.82) is 5.26 Å². The number of aromatic nitrogens is 1. The SMILES string of the molecule is Cc1ccc(C=C(C#N)c2nc(-c3ccccc3)cs2)s1. The molecule has 0 aliphatic rings. The molecule has 0 bridgehead atoms. The van der Waals surface area contributed by atoms with Crippen molar-refractivity contribution in [1.82, 2.24) is 4.98 Å². The minimum atomic E-state index is 0.615. The molecule has 0 saturated carbocycles. The van der Waals surface area contributed by atoms with Crippen molar-refractivity contribution in [2.45, 2.75) is 6.92 Å². The predicted molar refractivity (Wildman–Crippen MR) is 90.1 cm³/mol. The molecule has 2 nitrogen and oxygen atoms in total. The smallest absolute Gasteiger partial charge is 0.134 e. The first-order chi connectivity index (χ1) is 10.3. The minimum Gasteiger partial charge on any atom is -0.235 e. The molecule has 0 amide bonds. The molecule has 2 aromatic heterocycles. The van der Waals surface area contributed by atoms with E-state index in [4.69, 9.17) is 0 Å². The van der Waals surface area contributed by atoms with Crippen LogP contribution < -0.4 is 0 Å². The largest absolute Gasteiger partial charge is 0.235 e. The minimum absolute atomic E-state index is 0.615. The molecule has 0 atom stereocenters. The van der Waals surface area contributed by atoms with Crippen LogP contribution in [0.2, 0.25) is 0 Å². The molecule has 0 unspecified atom stereocenters. The lowest BCUT2D eigenvalue weighted by Gasteiger charge is -1.95. The zero-order valence-electron chi connectivity index (χ0n) is 11.4. The molecule has 0 N–H and O–H groups in total. The maximum Gasteiger partial charge on any atom is 0.134 e. The van der Waals surface area contributed by atoms with Gasteiger partial charge in [0.05, 0.1) is 11.3 Å². The predicted octanol–water partition coefficient (Wildman–Crippen LogP) is 5.24. The number of nitriles is 1. The van der Waals surface area contributed by atoms with Crippen molar-refractivity contribution in [2.75, 3.05) is 0 Å². The number of nitrogens with zero attached hydrogens (tertiary/aromatic N) is 2. The van der Waals surface area contributed by atoms with Crippen LogP contribution in [0.5, 0.6) is 0 Å². The summed E-state index contributed by atoms with van der Waals surface area (Å²) in [5.74, 6) is 0. The zero-order valence-corrected chi connectivity index (χ0v) is 13.0. The fourth-order valence-electron chi connectivity index (χ4n) is 1.95. The van der Waals surface area contributed by atoms with Crippen molar-refractivity contribution >= 4 is 34.3 Å². The second kappa shape index (κ2) is 6.04. The standard InChI is InChI=1S/C17H12N2S2/c1-12-7-8-15(21-12)9-14(10-18)17-19-16(11-20-17)13-5-3-2-4-6-13/h2-9,11H,1H3. The number of benzene rings is 1. The molecule has 0 spiro atoms. The van der Waals surface area contributed by atoms with Crippen LogP contribution in [0.15, 0.2) is 47.8 Å². The molecule has 4 heteroatoms. The quantitative estimate of drug-likeness (QED) is 0.620. The van der Waals surface area contributed by atoms with Crippen molar-refractivity contribution in [3.8, 4) is 17.3 Å². The van der Waals surface area contributed by atoms with Gasteiger partial charge in [-0.15, -0.1) is 22.7 Å². The van der Waals surface area contributed by atoms with Gasteiger partial charge in [0, 0.05) is 20.7 Å². The van der Waals surface area contributed by atoms with Crippen molar-refractivity contribution in [2.24, 2.45) is 0 Å². The van der Waals surface area contributed by atoms with Crippen LogP contribution in [-0.2, 0) is 0 Å². The Balaban J connectivity index is 1.95. The van der Waals surface area contributed by atoms with Crippen LogP contribution in [0.3, 0.4) is 0 Å². The Kier molecular flexibility index (Phi) is 3.96. The second-order valence-corrected chi connectivity index (χ2v) is 6.70. The van der Waals surface area contributed by atoms with Gasteiger partial charge in [0.1, 0.15) is 11.1 Å². The maximum absolute atomic E-state index is 9.38. The Morgan fingerprint density at radius 2 is 2.00 bits per heavy atom. The fraction of sp³-hybridized carbons (Fsp3) is 0.0588. The average Bonchev–Trinajstić information content (AvgIpc) is 3.15. The van der Waals surface area contributed by atoms with Gasteiger partial charge in [-0.1, -0.05) is 30.3 Å². The van der Waals surface area contributed by atoms with Gasteiger partial charge in [0.25, 0.3) is 0 Å². The molecule has 0 radical (unpaired) electrons. The molecular weight excluding hydrogens is 296 g/mol. The summed E-state index contributed by atoms with van der Waals surface area (Å²) < 4.78 is 0. The maximum atomic E-state index is 9.38. The van der Waals surface area contributed by atoms with E-state index in [0.29, 0.717) is 5.57 Å². The molecule has 0 saturated heterocycles. The number of thiophene rings is 1. The van der Waals surface area contributed by atoms with Crippen LogP contribution in [0.1, 0.15) is 14.8 Å². The lowest BCUT2D eigenvalue weighted by atomic mass is 10.2. The highest BCUT2D eigenvalue weighted by Crippen LogP contribution is 2.28. The van der Waals surface area contributed by atoms with Crippen LogP contribution in [0, 0.1) is 18.3 Å². The van der Waals surface area contributed by atoms with E-state index in [9.17, 15) is 5.26 Å². The van der Waals surface area contributed by atoms with Crippen molar-refractivity contribution in [3.63, 3.8) is 0 Å². The number of hydrogen-bond acceptors (Lipinski definition) is 4. The van der Waals surface area contributed by atoms with E-state index in [2.05, 4.69) is 24.0 Å². The lowest BCUT2D eigenvalue weighted by molar-refractivity contribution is 1.37. The van der Waals surface area contributed by atoms with Gasteiger partial charge < -0.3 is 0 Å². The van der Waals surface area contributed by atoms with Crippen molar-refractivity contribution < 1.29 is 0 Å². The molecule has 21 heavy (non-hydrogen) atoms.